The van der Waals surface area contributed by atoms with Crippen LogP contribution >= 0.6 is 7.37 Å². The molecule has 2 unspecified atom stereocenters. The second-order valence-electron chi connectivity index (χ2n) is 3.41. The van der Waals surface area contributed by atoms with Crippen molar-refractivity contribution in [2.24, 2.45) is 11.7 Å². The number of rotatable bonds is 6. The van der Waals surface area contributed by atoms with Gasteiger partial charge in [0.2, 0.25) is 7.37 Å². The quantitative estimate of drug-likeness (QED) is 0.630. The van der Waals surface area contributed by atoms with Crippen LogP contribution < -0.4 is 5.73 Å². The summed E-state index contributed by atoms with van der Waals surface area (Å²) in [4.78, 5) is 9.45. The number of hydrogen-bond acceptors (Lipinski definition) is 2. The molecule has 2 atom stereocenters. The summed E-state index contributed by atoms with van der Waals surface area (Å²) < 4.78 is 11.4. The van der Waals surface area contributed by atoms with E-state index in [0.717, 1.165) is 6.42 Å². The van der Waals surface area contributed by atoms with Gasteiger partial charge in [-0.2, -0.15) is 0 Å². The average Bonchev–Trinajstić information content (AvgIpc) is 2.00. The van der Waals surface area contributed by atoms with Crippen LogP contribution in [-0.4, -0.2) is 23.8 Å². The Labute approximate surface area is 74.8 Å². The molecule has 0 saturated carbocycles. The van der Waals surface area contributed by atoms with Gasteiger partial charge in [0, 0.05) is 12.3 Å². The third-order valence-corrected chi connectivity index (χ3v) is 4.21. The molecule has 0 bridgehead atoms. The molecular formula is C8H20NO2P. The van der Waals surface area contributed by atoms with Crippen LogP contribution in [0.2, 0.25) is 0 Å². The summed E-state index contributed by atoms with van der Waals surface area (Å²) in [5.41, 5.74) is 5.27. The van der Waals surface area contributed by atoms with Gasteiger partial charge in [-0.05, 0) is 18.9 Å². The van der Waals surface area contributed by atoms with Gasteiger partial charge in [-0.1, -0.05) is 20.3 Å². The van der Waals surface area contributed by atoms with Crippen molar-refractivity contribution in [3.8, 4) is 0 Å². The van der Waals surface area contributed by atoms with E-state index >= 15 is 0 Å². The van der Waals surface area contributed by atoms with Gasteiger partial charge in [0.05, 0.1) is 0 Å². The topological polar surface area (TPSA) is 63.3 Å². The maximum Gasteiger partial charge on any atom is 0.200 e. The van der Waals surface area contributed by atoms with Gasteiger partial charge in [0.1, 0.15) is 0 Å². The molecular weight excluding hydrogens is 173 g/mol. The Hall–Kier alpha value is 0.150. The van der Waals surface area contributed by atoms with E-state index in [2.05, 4.69) is 0 Å². The van der Waals surface area contributed by atoms with Crippen LogP contribution in [0.3, 0.4) is 0 Å². The molecule has 74 valence electrons. The second kappa shape index (κ2) is 5.74. The molecule has 0 radical (unpaired) electrons. The van der Waals surface area contributed by atoms with Crippen LogP contribution in [-0.2, 0) is 4.57 Å². The molecule has 0 fully saturated rings. The number of nitrogens with two attached hydrogens (primary N) is 1. The molecule has 0 spiro atoms. The van der Waals surface area contributed by atoms with Gasteiger partial charge in [0.15, 0.2) is 0 Å². The largest absolute Gasteiger partial charge is 0.344 e. The fourth-order valence-corrected chi connectivity index (χ4v) is 3.14. The molecule has 0 aromatic rings. The second-order valence-corrected chi connectivity index (χ2v) is 5.91. The van der Waals surface area contributed by atoms with E-state index in [9.17, 15) is 9.46 Å². The predicted octanol–water partition coefficient (Wildman–Crippen LogP) is 1.65. The van der Waals surface area contributed by atoms with Crippen LogP contribution in [0.1, 0.15) is 26.7 Å². The maximum atomic E-state index is 11.4. The molecule has 12 heavy (non-hydrogen) atoms. The third kappa shape index (κ3) is 5.76. The zero-order valence-electron chi connectivity index (χ0n) is 7.99. The summed E-state index contributed by atoms with van der Waals surface area (Å²) in [7, 11) is -2.86. The van der Waals surface area contributed by atoms with Crippen molar-refractivity contribution in [2.45, 2.75) is 26.7 Å². The minimum Gasteiger partial charge on any atom is -0.344 e. The van der Waals surface area contributed by atoms with E-state index in [-0.39, 0.29) is 0 Å². The molecule has 3 N–H and O–H groups in total. The zero-order valence-corrected chi connectivity index (χ0v) is 8.89. The van der Waals surface area contributed by atoms with E-state index in [1.165, 1.54) is 0 Å². The van der Waals surface area contributed by atoms with E-state index in [0.29, 0.717) is 31.2 Å². The lowest BCUT2D eigenvalue weighted by Gasteiger charge is -2.14. The van der Waals surface area contributed by atoms with Gasteiger partial charge in [-0.15, -0.1) is 0 Å². The van der Waals surface area contributed by atoms with Crippen LogP contribution in [0.5, 0.6) is 0 Å². The van der Waals surface area contributed by atoms with Crippen LogP contribution in [0.4, 0.5) is 0 Å². The molecule has 0 amide bonds. The molecule has 0 saturated heterocycles. The molecule has 0 aromatic carbocycles. The van der Waals surface area contributed by atoms with Crippen molar-refractivity contribution in [1.29, 1.82) is 0 Å². The van der Waals surface area contributed by atoms with Crippen molar-refractivity contribution in [2.75, 3.05) is 18.9 Å². The van der Waals surface area contributed by atoms with Crippen LogP contribution in [0, 0.1) is 5.92 Å². The summed E-state index contributed by atoms with van der Waals surface area (Å²) in [6.45, 7) is 4.55. The highest BCUT2D eigenvalue weighted by atomic mass is 31.2. The minimum atomic E-state index is -2.86. The Kier molecular flexibility index (Phi) is 5.81. The van der Waals surface area contributed by atoms with Crippen LogP contribution in [0.15, 0.2) is 0 Å². The summed E-state index contributed by atoms with van der Waals surface area (Å²) >= 11 is 0. The smallest absolute Gasteiger partial charge is 0.200 e. The highest BCUT2D eigenvalue weighted by molar-refractivity contribution is 7.57. The van der Waals surface area contributed by atoms with Gasteiger partial charge >= 0.3 is 0 Å². The van der Waals surface area contributed by atoms with Gasteiger partial charge in [0.25, 0.3) is 0 Å². The summed E-state index contributed by atoms with van der Waals surface area (Å²) in [6.07, 6.45) is 2.45. The first-order chi connectivity index (χ1) is 5.52. The molecule has 0 aliphatic rings. The SMILES string of the molecule is CCC(C)CP(=O)(O)CCCN. The Bertz CT molecular complexity index is 161. The van der Waals surface area contributed by atoms with Gasteiger partial charge < -0.3 is 10.6 Å². The molecule has 3 nitrogen and oxygen atoms in total. The lowest BCUT2D eigenvalue weighted by atomic mass is 10.2. The highest BCUT2D eigenvalue weighted by Gasteiger charge is 2.19. The third-order valence-electron chi connectivity index (χ3n) is 2.01. The van der Waals surface area contributed by atoms with Gasteiger partial charge in [-0.25, -0.2) is 0 Å². The van der Waals surface area contributed by atoms with E-state index in [1.54, 1.807) is 0 Å². The molecule has 0 aromatic heterocycles. The highest BCUT2D eigenvalue weighted by Crippen LogP contribution is 2.43. The monoisotopic (exact) mass is 193 g/mol. The average molecular weight is 193 g/mol. The Morgan fingerprint density at radius 3 is 2.58 bits per heavy atom. The van der Waals surface area contributed by atoms with Crippen molar-refractivity contribution >= 4 is 7.37 Å². The lowest BCUT2D eigenvalue weighted by molar-refractivity contribution is 0.460. The molecule has 0 aliphatic carbocycles. The first-order valence-corrected chi connectivity index (χ1v) is 6.55. The minimum absolute atomic E-state index is 0.346. The number of hydrogen-bond donors (Lipinski definition) is 2. The van der Waals surface area contributed by atoms with Crippen molar-refractivity contribution in [3.05, 3.63) is 0 Å². The van der Waals surface area contributed by atoms with Gasteiger partial charge in [-0.3, -0.25) is 4.57 Å². The van der Waals surface area contributed by atoms with E-state index in [1.807, 2.05) is 13.8 Å². The Balaban J connectivity index is 3.78. The first-order valence-electron chi connectivity index (χ1n) is 4.52. The fraction of sp³-hybridized carbons (Fsp3) is 1.00. The zero-order chi connectivity index (χ0) is 9.61. The predicted molar refractivity (Wildman–Crippen MR) is 52.7 cm³/mol. The van der Waals surface area contributed by atoms with E-state index < -0.39 is 7.37 Å². The van der Waals surface area contributed by atoms with Crippen molar-refractivity contribution < 1.29 is 9.46 Å². The molecule has 4 heteroatoms. The summed E-state index contributed by atoms with van der Waals surface area (Å²) in [5, 5.41) is 0. The maximum absolute atomic E-state index is 11.4. The first kappa shape index (κ1) is 12.2. The van der Waals surface area contributed by atoms with Crippen LogP contribution in [0.25, 0.3) is 0 Å². The summed E-state index contributed by atoms with van der Waals surface area (Å²) in [6, 6.07) is 0. The summed E-state index contributed by atoms with van der Waals surface area (Å²) in [5.74, 6) is 0.346. The molecule has 0 rings (SSSR count). The van der Waals surface area contributed by atoms with Crippen molar-refractivity contribution in [3.63, 3.8) is 0 Å². The normalized spacial score (nSPS) is 18.7. The Morgan fingerprint density at radius 1 is 1.58 bits per heavy atom. The Morgan fingerprint density at radius 2 is 2.17 bits per heavy atom. The standard InChI is InChI=1S/C8H20NO2P/c1-3-8(2)7-12(10,11)6-4-5-9/h8H,3-7,9H2,1-2H3,(H,10,11). The fourth-order valence-electron chi connectivity index (χ4n) is 1.05. The molecule has 0 aliphatic heterocycles. The van der Waals surface area contributed by atoms with E-state index in [4.69, 9.17) is 5.73 Å². The lowest BCUT2D eigenvalue weighted by Crippen LogP contribution is -2.07. The van der Waals surface area contributed by atoms with Crippen molar-refractivity contribution in [1.82, 2.24) is 0 Å². The molecule has 0 heterocycles.